The molecule has 0 radical (unpaired) electrons. The molecule has 8 nitrogen and oxygen atoms in total. The maximum atomic E-state index is 12.6. The SMILES string of the molecule is Cc1ccc(S(=O)(=O)Oc2cc(OS(=O)(=O)c3ccc(C)cc3)nc(SC(C)C)n2)cc1. The molecule has 0 amide bonds. The minimum Gasteiger partial charge on any atom is -0.358 e. The average molecular weight is 495 g/mol. The van der Waals surface area contributed by atoms with Gasteiger partial charge in [-0.3, -0.25) is 0 Å². The van der Waals surface area contributed by atoms with Crippen molar-refractivity contribution in [3.8, 4) is 11.8 Å². The molecule has 170 valence electrons. The summed E-state index contributed by atoms with van der Waals surface area (Å²) in [5.41, 5.74) is 1.78. The summed E-state index contributed by atoms with van der Waals surface area (Å²) < 4.78 is 60.9. The van der Waals surface area contributed by atoms with Gasteiger partial charge < -0.3 is 8.37 Å². The van der Waals surface area contributed by atoms with Gasteiger partial charge in [0.05, 0.1) is 6.07 Å². The van der Waals surface area contributed by atoms with E-state index in [-0.39, 0.29) is 32.0 Å². The highest BCUT2D eigenvalue weighted by molar-refractivity contribution is 7.99. The van der Waals surface area contributed by atoms with E-state index < -0.39 is 20.2 Å². The zero-order valence-electron chi connectivity index (χ0n) is 17.8. The molecule has 1 aromatic heterocycles. The molecule has 0 aliphatic carbocycles. The average Bonchev–Trinajstić information content (AvgIpc) is 2.67. The first-order chi connectivity index (χ1) is 14.9. The zero-order chi connectivity index (χ0) is 23.5. The van der Waals surface area contributed by atoms with Crippen molar-refractivity contribution in [3.05, 3.63) is 65.7 Å². The van der Waals surface area contributed by atoms with Gasteiger partial charge in [-0.25, -0.2) is 0 Å². The molecule has 2 aromatic carbocycles. The fourth-order valence-electron chi connectivity index (χ4n) is 2.46. The molecule has 11 heteroatoms. The molecule has 0 spiro atoms. The van der Waals surface area contributed by atoms with Crippen molar-refractivity contribution in [2.45, 2.75) is 47.9 Å². The Labute approximate surface area is 192 Å². The van der Waals surface area contributed by atoms with Crippen LogP contribution in [0, 0.1) is 13.8 Å². The summed E-state index contributed by atoms with van der Waals surface area (Å²) in [6.07, 6.45) is 0. The third kappa shape index (κ3) is 6.21. The smallest absolute Gasteiger partial charge is 0.340 e. The molecule has 3 rings (SSSR count). The molecule has 0 bridgehead atoms. The van der Waals surface area contributed by atoms with E-state index in [1.807, 2.05) is 27.7 Å². The molecule has 0 N–H and O–H groups in total. The quantitative estimate of drug-likeness (QED) is 0.259. The highest BCUT2D eigenvalue weighted by Crippen LogP contribution is 2.28. The largest absolute Gasteiger partial charge is 0.358 e. The second kappa shape index (κ2) is 9.47. The topological polar surface area (TPSA) is 113 Å². The molecule has 0 aliphatic heterocycles. The molecular formula is C21H22N2O6S3. The highest BCUT2D eigenvalue weighted by atomic mass is 32.2. The van der Waals surface area contributed by atoms with E-state index >= 15 is 0 Å². The number of hydrogen-bond donors (Lipinski definition) is 0. The van der Waals surface area contributed by atoms with Crippen LogP contribution in [0.2, 0.25) is 0 Å². The Morgan fingerprint density at radius 3 is 1.44 bits per heavy atom. The summed E-state index contributed by atoms with van der Waals surface area (Å²) in [4.78, 5) is 8.06. The standard InChI is InChI=1S/C21H22N2O6S3/c1-14(2)30-21-22-19(28-31(24,25)17-9-5-15(3)6-10-17)13-20(23-21)29-32(26,27)18-11-7-16(4)8-12-18/h5-14H,1-4H3. The van der Waals surface area contributed by atoms with E-state index in [1.165, 1.54) is 36.0 Å². The number of nitrogens with zero attached hydrogens (tertiary/aromatic N) is 2. The summed E-state index contributed by atoms with van der Waals surface area (Å²) in [6.45, 7) is 7.42. The lowest BCUT2D eigenvalue weighted by Crippen LogP contribution is -2.14. The van der Waals surface area contributed by atoms with Gasteiger partial charge in [-0.15, -0.1) is 0 Å². The van der Waals surface area contributed by atoms with Crippen LogP contribution in [-0.2, 0) is 20.2 Å². The first-order valence-corrected chi connectivity index (χ1v) is 13.2. The molecule has 0 saturated carbocycles. The second-order valence-electron chi connectivity index (χ2n) is 7.19. The first kappa shape index (κ1) is 24.0. The maximum Gasteiger partial charge on any atom is 0.340 e. The number of hydrogen-bond acceptors (Lipinski definition) is 9. The van der Waals surface area contributed by atoms with Gasteiger partial charge in [0.2, 0.25) is 11.8 Å². The molecule has 32 heavy (non-hydrogen) atoms. The Morgan fingerprint density at radius 1 is 0.719 bits per heavy atom. The van der Waals surface area contributed by atoms with Crippen LogP contribution in [0.15, 0.2) is 69.5 Å². The Kier molecular flexibility index (Phi) is 7.11. The Hall–Kier alpha value is -2.63. The first-order valence-electron chi connectivity index (χ1n) is 9.53. The Balaban J connectivity index is 1.96. The second-order valence-corrected chi connectivity index (χ2v) is 11.8. The van der Waals surface area contributed by atoms with E-state index in [1.54, 1.807) is 24.3 Å². The monoisotopic (exact) mass is 494 g/mol. The Morgan fingerprint density at radius 2 is 1.09 bits per heavy atom. The van der Waals surface area contributed by atoms with Crippen molar-refractivity contribution < 1.29 is 25.2 Å². The van der Waals surface area contributed by atoms with Gasteiger partial charge in [0, 0.05) is 5.25 Å². The van der Waals surface area contributed by atoms with E-state index in [9.17, 15) is 16.8 Å². The zero-order valence-corrected chi connectivity index (χ0v) is 20.3. The third-order valence-electron chi connectivity index (χ3n) is 4.01. The predicted octanol–water partition coefficient (Wildman–Crippen LogP) is 4.13. The summed E-state index contributed by atoms with van der Waals surface area (Å²) >= 11 is 1.20. The molecular weight excluding hydrogens is 472 g/mol. The summed E-state index contributed by atoms with van der Waals surface area (Å²) in [7, 11) is -8.39. The van der Waals surface area contributed by atoms with Crippen molar-refractivity contribution in [2.24, 2.45) is 0 Å². The van der Waals surface area contributed by atoms with Crippen molar-refractivity contribution in [1.29, 1.82) is 0 Å². The Bertz CT molecular complexity index is 1210. The summed E-state index contributed by atoms with van der Waals surface area (Å²) in [5.74, 6) is -0.698. The summed E-state index contributed by atoms with van der Waals surface area (Å²) in [6, 6.07) is 13.2. The molecule has 0 atom stereocenters. The van der Waals surface area contributed by atoms with E-state index in [4.69, 9.17) is 8.37 Å². The molecule has 3 aromatic rings. The number of rotatable bonds is 8. The van der Waals surface area contributed by atoms with Gasteiger partial charge in [-0.05, 0) is 38.1 Å². The molecule has 0 unspecified atom stereocenters. The van der Waals surface area contributed by atoms with Crippen LogP contribution in [0.4, 0.5) is 0 Å². The maximum absolute atomic E-state index is 12.6. The fraction of sp³-hybridized carbons (Fsp3) is 0.238. The van der Waals surface area contributed by atoms with Gasteiger partial charge in [0.25, 0.3) is 0 Å². The number of aromatic nitrogens is 2. The van der Waals surface area contributed by atoms with Gasteiger partial charge in [-0.1, -0.05) is 61.0 Å². The number of thioether (sulfide) groups is 1. The van der Waals surface area contributed by atoms with Crippen LogP contribution in [0.25, 0.3) is 0 Å². The lowest BCUT2D eigenvalue weighted by atomic mass is 10.2. The van der Waals surface area contributed by atoms with Crippen molar-refractivity contribution in [2.75, 3.05) is 0 Å². The van der Waals surface area contributed by atoms with Gasteiger partial charge in [0.15, 0.2) is 5.16 Å². The van der Waals surface area contributed by atoms with E-state index in [0.29, 0.717) is 0 Å². The summed E-state index contributed by atoms with van der Waals surface area (Å²) in [5, 5.41) is 0.159. The van der Waals surface area contributed by atoms with Gasteiger partial charge >= 0.3 is 20.2 Å². The van der Waals surface area contributed by atoms with Crippen LogP contribution >= 0.6 is 11.8 Å². The minimum atomic E-state index is -4.20. The third-order valence-corrected chi connectivity index (χ3v) is 7.35. The van der Waals surface area contributed by atoms with E-state index in [2.05, 4.69) is 9.97 Å². The number of benzene rings is 2. The van der Waals surface area contributed by atoms with Crippen molar-refractivity contribution in [3.63, 3.8) is 0 Å². The normalized spacial score (nSPS) is 12.0. The predicted molar refractivity (Wildman–Crippen MR) is 121 cm³/mol. The van der Waals surface area contributed by atoms with Crippen molar-refractivity contribution in [1.82, 2.24) is 9.97 Å². The van der Waals surface area contributed by atoms with Crippen LogP contribution in [0.1, 0.15) is 25.0 Å². The number of aryl methyl sites for hydroxylation is 2. The highest BCUT2D eigenvalue weighted by Gasteiger charge is 2.22. The molecule has 0 saturated heterocycles. The lowest BCUT2D eigenvalue weighted by Gasteiger charge is -2.11. The van der Waals surface area contributed by atoms with E-state index in [0.717, 1.165) is 17.2 Å². The van der Waals surface area contributed by atoms with Crippen LogP contribution in [0.3, 0.4) is 0 Å². The van der Waals surface area contributed by atoms with Crippen LogP contribution in [0.5, 0.6) is 11.8 Å². The lowest BCUT2D eigenvalue weighted by molar-refractivity contribution is 0.454. The van der Waals surface area contributed by atoms with Gasteiger partial charge in [0.1, 0.15) is 9.79 Å². The van der Waals surface area contributed by atoms with Crippen LogP contribution < -0.4 is 8.37 Å². The van der Waals surface area contributed by atoms with Gasteiger partial charge in [-0.2, -0.15) is 26.8 Å². The van der Waals surface area contributed by atoms with Crippen molar-refractivity contribution >= 4 is 32.0 Å². The molecule has 0 fully saturated rings. The fourth-order valence-corrected chi connectivity index (χ4v) is 4.92. The minimum absolute atomic E-state index is 0.0421. The molecule has 1 heterocycles. The molecule has 0 aliphatic rings. The van der Waals surface area contributed by atoms with Crippen LogP contribution in [-0.4, -0.2) is 32.1 Å².